The van der Waals surface area contributed by atoms with Gasteiger partial charge in [0.1, 0.15) is 5.75 Å². The number of halogens is 1. The Hall–Kier alpha value is -2.55. The maximum absolute atomic E-state index is 14.7. The second-order valence-corrected chi connectivity index (χ2v) is 9.60. The van der Waals surface area contributed by atoms with Crippen LogP contribution in [0.2, 0.25) is 0 Å². The zero-order chi connectivity index (χ0) is 24.7. The van der Waals surface area contributed by atoms with Gasteiger partial charge in [-0.2, -0.15) is 0 Å². The molecule has 0 N–H and O–H groups in total. The second kappa shape index (κ2) is 15.4. The second-order valence-electron chi connectivity index (χ2n) is 9.60. The van der Waals surface area contributed by atoms with Crippen LogP contribution < -0.4 is 9.47 Å². The number of hydrogen-bond donors (Lipinski definition) is 0. The zero-order valence-corrected chi connectivity index (χ0v) is 21.8. The molecule has 0 aromatic heterocycles. The molecule has 0 atom stereocenters. The van der Waals surface area contributed by atoms with E-state index in [1.165, 1.54) is 57.8 Å². The summed E-state index contributed by atoms with van der Waals surface area (Å²) >= 11 is 0. The molecule has 3 aromatic rings. The molecule has 0 saturated carbocycles. The highest BCUT2D eigenvalue weighted by Gasteiger charge is 2.08. The summed E-state index contributed by atoms with van der Waals surface area (Å²) in [5.41, 5.74) is 1.86. The Morgan fingerprint density at radius 1 is 0.543 bits per heavy atom. The lowest BCUT2D eigenvalue weighted by Crippen LogP contribution is -1.99. The van der Waals surface area contributed by atoms with Crippen LogP contribution in [0.25, 0.3) is 21.9 Å². The molecule has 0 aliphatic carbocycles. The van der Waals surface area contributed by atoms with Crippen molar-refractivity contribution >= 4 is 10.8 Å². The van der Waals surface area contributed by atoms with Gasteiger partial charge in [-0.05, 0) is 65.1 Å². The van der Waals surface area contributed by atoms with Gasteiger partial charge in [0, 0.05) is 0 Å². The lowest BCUT2D eigenvalue weighted by Gasteiger charge is -2.11. The minimum atomic E-state index is -0.299. The van der Waals surface area contributed by atoms with Crippen molar-refractivity contribution in [3.05, 3.63) is 60.4 Å². The van der Waals surface area contributed by atoms with Crippen molar-refractivity contribution in [1.29, 1.82) is 0 Å². The van der Waals surface area contributed by atoms with Gasteiger partial charge in [0.05, 0.1) is 13.2 Å². The fourth-order valence-electron chi connectivity index (χ4n) is 4.43. The van der Waals surface area contributed by atoms with Crippen molar-refractivity contribution in [2.24, 2.45) is 0 Å². The Morgan fingerprint density at radius 3 is 1.77 bits per heavy atom. The lowest BCUT2D eigenvalue weighted by atomic mass is 10.0. The largest absolute Gasteiger partial charge is 0.494 e. The standard InChI is InChI=1S/C32H43FO2/c1-3-5-7-9-11-13-21-34-30-19-17-27-23-26(15-16-28(27)24-30)29-18-20-32(31(33)25-29)35-22-14-12-10-8-6-4-2/h15-20,23-25H,3-14,21-22H2,1-2H3. The van der Waals surface area contributed by atoms with Gasteiger partial charge in [-0.3, -0.25) is 0 Å². The number of rotatable bonds is 17. The molecule has 190 valence electrons. The maximum Gasteiger partial charge on any atom is 0.165 e. The first-order chi connectivity index (χ1) is 17.2. The molecule has 3 aromatic carbocycles. The van der Waals surface area contributed by atoms with E-state index in [1.807, 2.05) is 18.2 Å². The molecule has 0 aliphatic heterocycles. The zero-order valence-electron chi connectivity index (χ0n) is 21.8. The summed E-state index contributed by atoms with van der Waals surface area (Å²) in [6, 6.07) is 17.7. The Bertz CT molecular complexity index is 1010. The first-order valence-corrected chi connectivity index (χ1v) is 13.8. The normalized spacial score (nSPS) is 11.2. The molecule has 0 heterocycles. The Kier molecular flexibility index (Phi) is 11.9. The van der Waals surface area contributed by atoms with Gasteiger partial charge in [-0.15, -0.1) is 0 Å². The summed E-state index contributed by atoms with van der Waals surface area (Å²) in [7, 11) is 0. The van der Waals surface area contributed by atoms with Crippen molar-refractivity contribution in [3.63, 3.8) is 0 Å². The van der Waals surface area contributed by atoms with Crippen LogP contribution in [0.5, 0.6) is 11.5 Å². The molecule has 3 rings (SSSR count). The molecule has 0 saturated heterocycles. The summed E-state index contributed by atoms with van der Waals surface area (Å²) in [6.07, 6.45) is 14.7. The SMILES string of the molecule is CCCCCCCCOc1ccc2cc(-c3ccc(OCCCCCCCC)c(F)c3)ccc2c1. The van der Waals surface area contributed by atoms with Gasteiger partial charge in [0.15, 0.2) is 11.6 Å². The van der Waals surface area contributed by atoms with E-state index in [4.69, 9.17) is 9.47 Å². The van der Waals surface area contributed by atoms with Crippen LogP contribution in [0.15, 0.2) is 54.6 Å². The van der Waals surface area contributed by atoms with Crippen LogP contribution in [-0.2, 0) is 0 Å². The fraction of sp³-hybridized carbons (Fsp3) is 0.500. The molecule has 0 spiro atoms. The van der Waals surface area contributed by atoms with E-state index in [0.717, 1.165) is 53.5 Å². The Labute approximate surface area is 211 Å². The number of benzene rings is 3. The van der Waals surface area contributed by atoms with E-state index >= 15 is 0 Å². The van der Waals surface area contributed by atoms with Crippen molar-refractivity contribution in [1.82, 2.24) is 0 Å². The van der Waals surface area contributed by atoms with E-state index < -0.39 is 0 Å². The third-order valence-electron chi connectivity index (χ3n) is 6.60. The van der Waals surface area contributed by atoms with E-state index in [2.05, 4.69) is 38.1 Å². The van der Waals surface area contributed by atoms with Gasteiger partial charge >= 0.3 is 0 Å². The highest BCUT2D eigenvalue weighted by molar-refractivity contribution is 5.88. The predicted molar refractivity (Wildman–Crippen MR) is 147 cm³/mol. The van der Waals surface area contributed by atoms with Crippen LogP contribution in [0.3, 0.4) is 0 Å². The Balaban J connectivity index is 1.51. The van der Waals surface area contributed by atoms with E-state index in [9.17, 15) is 4.39 Å². The van der Waals surface area contributed by atoms with Gasteiger partial charge in [0.2, 0.25) is 0 Å². The third kappa shape index (κ3) is 9.20. The quantitative estimate of drug-likeness (QED) is 0.180. The fourth-order valence-corrected chi connectivity index (χ4v) is 4.43. The molecular formula is C32H43FO2. The van der Waals surface area contributed by atoms with Crippen LogP contribution in [0.4, 0.5) is 4.39 Å². The average Bonchev–Trinajstić information content (AvgIpc) is 2.88. The summed E-state index contributed by atoms with van der Waals surface area (Å²) < 4.78 is 26.3. The molecule has 0 unspecified atom stereocenters. The van der Waals surface area contributed by atoms with Crippen molar-refractivity contribution in [2.45, 2.75) is 90.9 Å². The number of fused-ring (bicyclic) bond motifs is 1. The first kappa shape index (κ1) is 27.0. The van der Waals surface area contributed by atoms with Gasteiger partial charge < -0.3 is 9.47 Å². The lowest BCUT2D eigenvalue weighted by molar-refractivity contribution is 0.290. The topological polar surface area (TPSA) is 18.5 Å². The summed E-state index contributed by atoms with van der Waals surface area (Å²) in [4.78, 5) is 0. The van der Waals surface area contributed by atoms with E-state index in [-0.39, 0.29) is 5.82 Å². The molecule has 0 aliphatic rings. The van der Waals surface area contributed by atoms with Gasteiger partial charge in [0.25, 0.3) is 0 Å². The van der Waals surface area contributed by atoms with Crippen LogP contribution >= 0.6 is 0 Å². The molecule has 3 heteroatoms. The Morgan fingerprint density at radius 2 is 1.09 bits per heavy atom. The number of hydrogen-bond acceptors (Lipinski definition) is 2. The van der Waals surface area contributed by atoms with E-state index in [1.54, 1.807) is 12.1 Å². The molecule has 0 amide bonds. The monoisotopic (exact) mass is 478 g/mol. The number of unbranched alkanes of at least 4 members (excludes halogenated alkanes) is 10. The average molecular weight is 479 g/mol. The molecule has 0 radical (unpaired) electrons. The summed E-state index contributed by atoms with van der Waals surface area (Å²) in [6.45, 7) is 5.80. The predicted octanol–water partition coefficient (Wildman–Crippen LogP) is 10.1. The molecule has 0 fully saturated rings. The summed E-state index contributed by atoms with van der Waals surface area (Å²) in [5, 5.41) is 2.26. The molecule has 2 nitrogen and oxygen atoms in total. The molecule has 35 heavy (non-hydrogen) atoms. The summed E-state index contributed by atoms with van der Waals surface area (Å²) in [5.74, 6) is 0.957. The van der Waals surface area contributed by atoms with Crippen LogP contribution in [0.1, 0.15) is 90.9 Å². The smallest absolute Gasteiger partial charge is 0.165 e. The third-order valence-corrected chi connectivity index (χ3v) is 6.60. The minimum Gasteiger partial charge on any atom is -0.494 e. The van der Waals surface area contributed by atoms with Crippen molar-refractivity contribution in [2.75, 3.05) is 13.2 Å². The van der Waals surface area contributed by atoms with Crippen molar-refractivity contribution in [3.8, 4) is 22.6 Å². The minimum absolute atomic E-state index is 0.299. The molecule has 0 bridgehead atoms. The highest BCUT2D eigenvalue weighted by atomic mass is 19.1. The maximum atomic E-state index is 14.7. The van der Waals surface area contributed by atoms with Crippen LogP contribution in [0, 0.1) is 5.82 Å². The van der Waals surface area contributed by atoms with Gasteiger partial charge in [-0.1, -0.05) is 102 Å². The van der Waals surface area contributed by atoms with E-state index in [0.29, 0.717) is 12.4 Å². The highest BCUT2D eigenvalue weighted by Crippen LogP contribution is 2.30. The number of ether oxygens (including phenoxy) is 2. The molecular weight excluding hydrogens is 435 g/mol. The van der Waals surface area contributed by atoms with Crippen molar-refractivity contribution < 1.29 is 13.9 Å². The first-order valence-electron chi connectivity index (χ1n) is 13.8. The van der Waals surface area contributed by atoms with Crippen LogP contribution in [-0.4, -0.2) is 13.2 Å². The van der Waals surface area contributed by atoms with Gasteiger partial charge in [-0.25, -0.2) is 4.39 Å².